The fourth-order valence-electron chi connectivity index (χ4n) is 2.34. The Balaban J connectivity index is 1.91. The van der Waals surface area contributed by atoms with Crippen LogP contribution in [-0.4, -0.2) is 29.5 Å². The number of hydrogen-bond donors (Lipinski definition) is 1. The standard InChI is InChI=1S/C14H23N3/c1-3-6-15-13-4-7-16-14(9-13)11-17-8-5-12(2)10-17/h4,7,9,12H,3,5-6,8,10-11H2,1-2H3,(H,15,16). The molecule has 1 fully saturated rings. The van der Waals surface area contributed by atoms with Gasteiger partial charge in [0.25, 0.3) is 0 Å². The molecule has 0 radical (unpaired) electrons. The number of pyridine rings is 1. The zero-order valence-corrected chi connectivity index (χ0v) is 10.9. The fraction of sp³-hybridized carbons (Fsp3) is 0.643. The molecule has 2 heterocycles. The SMILES string of the molecule is CCCNc1ccnc(CN2CCC(C)C2)c1. The lowest BCUT2D eigenvalue weighted by Gasteiger charge is -2.15. The van der Waals surface area contributed by atoms with Gasteiger partial charge in [0.1, 0.15) is 0 Å². The Hall–Kier alpha value is -1.09. The van der Waals surface area contributed by atoms with Crippen LogP contribution in [0.1, 0.15) is 32.4 Å². The molecule has 1 saturated heterocycles. The van der Waals surface area contributed by atoms with Crippen molar-refractivity contribution in [1.82, 2.24) is 9.88 Å². The molecule has 0 spiro atoms. The predicted octanol–water partition coefficient (Wildman–Crippen LogP) is 2.75. The summed E-state index contributed by atoms with van der Waals surface area (Å²) in [5, 5.41) is 3.41. The molecule has 1 aromatic rings. The molecule has 1 aliphatic heterocycles. The Morgan fingerprint density at radius 1 is 1.53 bits per heavy atom. The molecule has 1 aromatic heterocycles. The molecule has 17 heavy (non-hydrogen) atoms. The second-order valence-corrected chi connectivity index (χ2v) is 5.09. The highest BCUT2D eigenvalue weighted by Crippen LogP contribution is 2.18. The van der Waals surface area contributed by atoms with E-state index in [2.05, 4.69) is 35.1 Å². The first kappa shape index (κ1) is 12.4. The maximum atomic E-state index is 4.45. The highest BCUT2D eigenvalue weighted by molar-refractivity contribution is 5.43. The molecule has 0 bridgehead atoms. The van der Waals surface area contributed by atoms with Gasteiger partial charge in [-0.3, -0.25) is 9.88 Å². The summed E-state index contributed by atoms with van der Waals surface area (Å²) < 4.78 is 0. The summed E-state index contributed by atoms with van der Waals surface area (Å²) >= 11 is 0. The molecule has 0 saturated carbocycles. The van der Waals surface area contributed by atoms with Crippen LogP contribution in [0.2, 0.25) is 0 Å². The van der Waals surface area contributed by atoms with Crippen LogP contribution in [0.4, 0.5) is 5.69 Å². The Morgan fingerprint density at radius 2 is 2.41 bits per heavy atom. The Morgan fingerprint density at radius 3 is 3.12 bits per heavy atom. The van der Waals surface area contributed by atoms with E-state index in [4.69, 9.17) is 0 Å². The molecular formula is C14H23N3. The van der Waals surface area contributed by atoms with Gasteiger partial charge in [-0.2, -0.15) is 0 Å². The second-order valence-electron chi connectivity index (χ2n) is 5.09. The molecule has 3 heteroatoms. The number of likely N-dealkylation sites (tertiary alicyclic amines) is 1. The van der Waals surface area contributed by atoms with Gasteiger partial charge < -0.3 is 5.32 Å². The summed E-state index contributed by atoms with van der Waals surface area (Å²) in [4.78, 5) is 6.95. The molecule has 1 atom stereocenters. The van der Waals surface area contributed by atoms with Crippen LogP contribution in [0.25, 0.3) is 0 Å². The van der Waals surface area contributed by atoms with Crippen LogP contribution < -0.4 is 5.32 Å². The minimum absolute atomic E-state index is 0.844. The largest absolute Gasteiger partial charge is 0.385 e. The maximum Gasteiger partial charge on any atom is 0.0564 e. The van der Waals surface area contributed by atoms with Gasteiger partial charge >= 0.3 is 0 Å². The van der Waals surface area contributed by atoms with Crippen LogP contribution in [0, 0.1) is 5.92 Å². The molecule has 2 rings (SSSR count). The van der Waals surface area contributed by atoms with Gasteiger partial charge in [-0.05, 0) is 37.4 Å². The van der Waals surface area contributed by atoms with Gasteiger partial charge in [0.05, 0.1) is 5.69 Å². The normalized spacial score (nSPS) is 20.7. The van der Waals surface area contributed by atoms with E-state index in [9.17, 15) is 0 Å². The van der Waals surface area contributed by atoms with Crippen molar-refractivity contribution in [1.29, 1.82) is 0 Å². The summed E-state index contributed by atoms with van der Waals surface area (Å²) in [7, 11) is 0. The quantitative estimate of drug-likeness (QED) is 0.847. The van der Waals surface area contributed by atoms with E-state index in [1.807, 2.05) is 12.3 Å². The average molecular weight is 233 g/mol. The number of nitrogens with zero attached hydrogens (tertiary/aromatic N) is 2. The molecule has 3 nitrogen and oxygen atoms in total. The van der Waals surface area contributed by atoms with Crippen molar-refractivity contribution in [3.63, 3.8) is 0 Å². The predicted molar refractivity (Wildman–Crippen MR) is 72.1 cm³/mol. The lowest BCUT2D eigenvalue weighted by Crippen LogP contribution is -2.20. The first-order valence-electron chi connectivity index (χ1n) is 6.69. The van der Waals surface area contributed by atoms with Crippen molar-refractivity contribution in [3.05, 3.63) is 24.0 Å². The molecule has 1 N–H and O–H groups in total. The van der Waals surface area contributed by atoms with Crippen LogP contribution in [0.5, 0.6) is 0 Å². The van der Waals surface area contributed by atoms with Crippen molar-refractivity contribution >= 4 is 5.69 Å². The fourth-order valence-corrected chi connectivity index (χ4v) is 2.34. The van der Waals surface area contributed by atoms with Gasteiger partial charge in [-0.25, -0.2) is 0 Å². The molecule has 0 aromatic carbocycles. The summed E-state index contributed by atoms with van der Waals surface area (Å²) in [5.74, 6) is 0.844. The van der Waals surface area contributed by atoms with Crippen molar-refractivity contribution < 1.29 is 0 Å². The summed E-state index contributed by atoms with van der Waals surface area (Å²) in [6.45, 7) is 8.97. The smallest absolute Gasteiger partial charge is 0.0564 e. The molecular weight excluding hydrogens is 210 g/mol. The Kier molecular flexibility index (Phi) is 4.37. The highest BCUT2D eigenvalue weighted by atomic mass is 15.1. The van der Waals surface area contributed by atoms with Crippen molar-refractivity contribution in [2.45, 2.75) is 33.2 Å². The Bertz CT molecular complexity index is 351. The van der Waals surface area contributed by atoms with Crippen molar-refractivity contribution in [2.24, 2.45) is 5.92 Å². The second kappa shape index (κ2) is 6.01. The summed E-state index contributed by atoms with van der Waals surface area (Å²) in [6, 6.07) is 4.23. The zero-order valence-electron chi connectivity index (χ0n) is 10.9. The highest BCUT2D eigenvalue weighted by Gasteiger charge is 2.18. The minimum Gasteiger partial charge on any atom is -0.385 e. The van der Waals surface area contributed by atoms with Crippen LogP contribution in [0.15, 0.2) is 18.3 Å². The summed E-state index contributed by atoms with van der Waals surface area (Å²) in [6.07, 6.45) is 4.39. The van der Waals surface area contributed by atoms with Gasteiger partial charge in [-0.15, -0.1) is 0 Å². The lowest BCUT2D eigenvalue weighted by atomic mass is 10.2. The molecule has 94 valence electrons. The van der Waals surface area contributed by atoms with Gasteiger partial charge in [0, 0.05) is 31.5 Å². The first-order valence-corrected chi connectivity index (χ1v) is 6.69. The third kappa shape index (κ3) is 3.70. The monoisotopic (exact) mass is 233 g/mol. The van der Waals surface area contributed by atoms with Crippen LogP contribution in [0.3, 0.4) is 0 Å². The van der Waals surface area contributed by atoms with E-state index in [1.165, 1.54) is 30.9 Å². The minimum atomic E-state index is 0.844. The molecule has 1 unspecified atom stereocenters. The third-order valence-corrected chi connectivity index (χ3v) is 3.29. The molecule has 0 aliphatic carbocycles. The van der Waals surface area contributed by atoms with Gasteiger partial charge in [0.2, 0.25) is 0 Å². The average Bonchev–Trinajstić information content (AvgIpc) is 2.73. The number of aromatic nitrogens is 1. The van der Waals surface area contributed by atoms with Crippen LogP contribution in [-0.2, 0) is 6.54 Å². The maximum absolute atomic E-state index is 4.45. The summed E-state index contributed by atoms with van der Waals surface area (Å²) in [5.41, 5.74) is 2.38. The number of rotatable bonds is 5. The first-order chi connectivity index (χ1) is 8.28. The topological polar surface area (TPSA) is 28.2 Å². The molecule has 0 amide bonds. The van der Waals surface area contributed by atoms with Crippen molar-refractivity contribution in [3.8, 4) is 0 Å². The number of hydrogen-bond acceptors (Lipinski definition) is 3. The van der Waals surface area contributed by atoms with E-state index in [-0.39, 0.29) is 0 Å². The van der Waals surface area contributed by atoms with E-state index in [0.29, 0.717) is 0 Å². The van der Waals surface area contributed by atoms with E-state index in [1.54, 1.807) is 0 Å². The zero-order chi connectivity index (χ0) is 12.1. The number of anilines is 1. The third-order valence-electron chi connectivity index (χ3n) is 3.29. The van der Waals surface area contributed by atoms with Gasteiger partial charge in [0.15, 0.2) is 0 Å². The van der Waals surface area contributed by atoms with Gasteiger partial charge in [-0.1, -0.05) is 13.8 Å². The Labute approximate surface area is 104 Å². The van der Waals surface area contributed by atoms with E-state index >= 15 is 0 Å². The van der Waals surface area contributed by atoms with Crippen molar-refractivity contribution in [2.75, 3.05) is 25.0 Å². The van der Waals surface area contributed by atoms with Crippen LogP contribution >= 0.6 is 0 Å². The van der Waals surface area contributed by atoms with E-state index < -0.39 is 0 Å². The lowest BCUT2D eigenvalue weighted by molar-refractivity contribution is 0.316. The number of nitrogens with one attached hydrogen (secondary N) is 1. The molecule has 1 aliphatic rings. The van der Waals surface area contributed by atoms with E-state index in [0.717, 1.165) is 25.4 Å².